The van der Waals surface area contributed by atoms with E-state index >= 15 is 0 Å². The summed E-state index contributed by atoms with van der Waals surface area (Å²) in [7, 11) is 0. The van der Waals surface area contributed by atoms with Gasteiger partial charge in [-0.05, 0) is 43.7 Å². The summed E-state index contributed by atoms with van der Waals surface area (Å²) in [5.74, 6) is 0.165. The molecule has 0 fully saturated rings. The highest BCUT2D eigenvalue weighted by Crippen LogP contribution is 2.25. The predicted octanol–water partition coefficient (Wildman–Crippen LogP) is 2.38. The SMILES string of the molecule is CC(C)(O)CN1C=C(Nc2nc3c(-c4cccc(F)c4)cccn3n2)CN1. The lowest BCUT2D eigenvalue weighted by molar-refractivity contribution is 0.0410. The largest absolute Gasteiger partial charge is 0.389 e. The minimum Gasteiger partial charge on any atom is -0.389 e. The van der Waals surface area contributed by atoms with Gasteiger partial charge < -0.3 is 15.4 Å². The summed E-state index contributed by atoms with van der Waals surface area (Å²) in [6.07, 6.45) is 3.69. The average molecular weight is 368 g/mol. The van der Waals surface area contributed by atoms with E-state index in [1.165, 1.54) is 12.1 Å². The Balaban J connectivity index is 1.60. The number of halogens is 1. The molecule has 27 heavy (non-hydrogen) atoms. The highest BCUT2D eigenvalue weighted by molar-refractivity contribution is 5.77. The zero-order chi connectivity index (χ0) is 19.0. The second-order valence-corrected chi connectivity index (χ2v) is 7.19. The Hall–Kier alpha value is -2.97. The number of β-amino-alcohol motifs (C(OH)–C–C–N with tert-alkyl or cyclic N) is 1. The Morgan fingerprint density at radius 3 is 2.93 bits per heavy atom. The number of aliphatic hydroxyl groups is 1. The molecule has 4 rings (SSSR count). The van der Waals surface area contributed by atoms with Crippen molar-refractivity contribution in [2.45, 2.75) is 19.4 Å². The number of nitrogens with zero attached hydrogens (tertiary/aromatic N) is 4. The van der Waals surface area contributed by atoms with Crippen molar-refractivity contribution in [3.05, 3.63) is 60.3 Å². The number of pyridine rings is 1. The lowest BCUT2D eigenvalue weighted by atomic mass is 10.1. The quantitative estimate of drug-likeness (QED) is 0.642. The highest BCUT2D eigenvalue weighted by atomic mass is 19.1. The van der Waals surface area contributed by atoms with Gasteiger partial charge in [-0.25, -0.2) is 14.3 Å². The number of fused-ring (bicyclic) bond motifs is 1. The maximum atomic E-state index is 13.6. The van der Waals surface area contributed by atoms with E-state index in [4.69, 9.17) is 0 Å². The van der Waals surface area contributed by atoms with Crippen LogP contribution in [0.1, 0.15) is 13.8 Å². The zero-order valence-corrected chi connectivity index (χ0v) is 15.1. The second kappa shape index (κ2) is 6.64. The van der Waals surface area contributed by atoms with E-state index in [0.29, 0.717) is 24.7 Å². The van der Waals surface area contributed by atoms with Gasteiger partial charge in [-0.3, -0.25) is 0 Å². The molecule has 3 N–H and O–H groups in total. The third kappa shape index (κ3) is 3.91. The molecule has 3 heterocycles. The van der Waals surface area contributed by atoms with Gasteiger partial charge in [0, 0.05) is 18.0 Å². The van der Waals surface area contributed by atoms with Crippen molar-refractivity contribution in [3.8, 4) is 11.1 Å². The minimum absolute atomic E-state index is 0.290. The van der Waals surface area contributed by atoms with Gasteiger partial charge in [0.2, 0.25) is 5.95 Å². The van der Waals surface area contributed by atoms with E-state index in [1.807, 2.05) is 29.4 Å². The average Bonchev–Trinajstić information content (AvgIpc) is 3.19. The van der Waals surface area contributed by atoms with Crippen LogP contribution in [0, 0.1) is 5.82 Å². The number of benzene rings is 1. The molecule has 0 aliphatic carbocycles. The van der Waals surface area contributed by atoms with E-state index in [9.17, 15) is 9.50 Å². The third-order valence-electron chi connectivity index (χ3n) is 4.11. The summed E-state index contributed by atoms with van der Waals surface area (Å²) in [6.45, 7) is 4.56. The maximum absolute atomic E-state index is 13.6. The molecule has 7 nitrogen and oxygen atoms in total. The smallest absolute Gasteiger partial charge is 0.247 e. The summed E-state index contributed by atoms with van der Waals surface area (Å²) >= 11 is 0. The van der Waals surface area contributed by atoms with Crippen molar-refractivity contribution in [2.24, 2.45) is 0 Å². The van der Waals surface area contributed by atoms with Gasteiger partial charge in [-0.1, -0.05) is 12.1 Å². The van der Waals surface area contributed by atoms with Gasteiger partial charge >= 0.3 is 0 Å². The molecular formula is C19H21FN6O. The summed E-state index contributed by atoms with van der Waals surface area (Å²) in [4.78, 5) is 4.56. The molecule has 0 bridgehead atoms. The van der Waals surface area contributed by atoms with E-state index in [0.717, 1.165) is 16.8 Å². The molecule has 1 aliphatic rings. The Labute approximate surface area is 156 Å². The second-order valence-electron chi connectivity index (χ2n) is 7.19. The number of hydrazine groups is 1. The number of hydrogen-bond donors (Lipinski definition) is 3. The fourth-order valence-electron chi connectivity index (χ4n) is 3.05. The summed E-state index contributed by atoms with van der Waals surface area (Å²) in [5.41, 5.74) is 5.46. The van der Waals surface area contributed by atoms with E-state index in [-0.39, 0.29) is 5.82 Å². The molecule has 0 unspecified atom stereocenters. The first-order valence-corrected chi connectivity index (χ1v) is 8.69. The maximum Gasteiger partial charge on any atom is 0.247 e. The third-order valence-corrected chi connectivity index (χ3v) is 4.11. The molecule has 1 aromatic carbocycles. The number of rotatable bonds is 5. The van der Waals surface area contributed by atoms with Crippen LogP contribution < -0.4 is 10.7 Å². The van der Waals surface area contributed by atoms with Crippen LogP contribution in [0.2, 0.25) is 0 Å². The van der Waals surface area contributed by atoms with Crippen molar-refractivity contribution in [2.75, 3.05) is 18.4 Å². The molecule has 0 saturated carbocycles. The monoisotopic (exact) mass is 368 g/mol. The normalized spacial score (nSPS) is 14.7. The fraction of sp³-hybridized carbons (Fsp3) is 0.263. The van der Waals surface area contributed by atoms with Crippen molar-refractivity contribution in [1.29, 1.82) is 0 Å². The Morgan fingerprint density at radius 2 is 2.15 bits per heavy atom. The first-order valence-electron chi connectivity index (χ1n) is 8.69. The van der Waals surface area contributed by atoms with Gasteiger partial charge in [0.1, 0.15) is 5.82 Å². The standard InChI is InChI=1S/C19H21FN6O/c1-19(2,27)12-25-11-15(10-21-25)22-18-23-17-16(7-4-8-26(17)24-18)13-5-3-6-14(20)9-13/h3-9,11,21,27H,10,12H2,1-2H3,(H,22,24). The molecule has 0 atom stereocenters. The molecule has 140 valence electrons. The molecule has 0 radical (unpaired) electrons. The molecule has 8 heteroatoms. The Morgan fingerprint density at radius 1 is 1.30 bits per heavy atom. The van der Waals surface area contributed by atoms with Crippen LogP contribution in [0.4, 0.5) is 10.3 Å². The number of nitrogens with one attached hydrogen (secondary N) is 2. The minimum atomic E-state index is -0.805. The van der Waals surface area contributed by atoms with E-state index < -0.39 is 5.60 Å². The highest BCUT2D eigenvalue weighted by Gasteiger charge is 2.21. The van der Waals surface area contributed by atoms with Crippen LogP contribution in [0.25, 0.3) is 16.8 Å². The number of hydrogen-bond acceptors (Lipinski definition) is 6. The first kappa shape index (κ1) is 17.4. The first-order chi connectivity index (χ1) is 12.9. The van der Waals surface area contributed by atoms with Crippen molar-refractivity contribution in [3.63, 3.8) is 0 Å². The number of anilines is 1. The molecule has 0 spiro atoms. The van der Waals surface area contributed by atoms with E-state index in [2.05, 4.69) is 20.8 Å². The van der Waals surface area contributed by atoms with Crippen LogP contribution in [0.15, 0.2) is 54.5 Å². The predicted molar refractivity (Wildman–Crippen MR) is 101 cm³/mol. The Kier molecular flexibility index (Phi) is 4.29. The zero-order valence-electron chi connectivity index (χ0n) is 15.1. The summed E-state index contributed by atoms with van der Waals surface area (Å²) in [5, 5.41) is 19.4. The van der Waals surface area contributed by atoms with Gasteiger partial charge in [-0.15, -0.1) is 5.10 Å². The topological polar surface area (TPSA) is 77.7 Å². The van der Waals surface area contributed by atoms with Crippen LogP contribution in [-0.4, -0.2) is 43.4 Å². The van der Waals surface area contributed by atoms with Crippen molar-refractivity contribution < 1.29 is 9.50 Å². The van der Waals surface area contributed by atoms with Crippen LogP contribution in [-0.2, 0) is 0 Å². The van der Waals surface area contributed by atoms with Crippen molar-refractivity contribution >= 4 is 11.6 Å². The molecule has 0 amide bonds. The van der Waals surface area contributed by atoms with Gasteiger partial charge in [0.15, 0.2) is 5.65 Å². The van der Waals surface area contributed by atoms with Crippen LogP contribution >= 0.6 is 0 Å². The molecular weight excluding hydrogens is 347 g/mol. The molecule has 3 aromatic rings. The van der Waals surface area contributed by atoms with Crippen LogP contribution in [0.3, 0.4) is 0 Å². The summed E-state index contributed by atoms with van der Waals surface area (Å²) in [6, 6.07) is 10.2. The fourth-order valence-corrected chi connectivity index (χ4v) is 3.05. The van der Waals surface area contributed by atoms with E-state index in [1.54, 1.807) is 30.6 Å². The molecule has 2 aromatic heterocycles. The van der Waals surface area contributed by atoms with Gasteiger partial charge in [0.25, 0.3) is 0 Å². The van der Waals surface area contributed by atoms with Gasteiger partial charge in [-0.2, -0.15) is 4.98 Å². The lowest BCUT2D eigenvalue weighted by Crippen LogP contribution is -2.40. The Bertz CT molecular complexity index is 1010. The molecule has 1 aliphatic heterocycles. The number of aromatic nitrogens is 3. The van der Waals surface area contributed by atoms with Crippen molar-refractivity contribution in [1.82, 2.24) is 25.0 Å². The lowest BCUT2D eigenvalue weighted by Gasteiger charge is -2.24. The van der Waals surface area contributed by atoms with Crippen LogP contribution in [0.5, 0.6) is 0 Å². The molecule has 0 saturated heterocycles. The van der Waals surface area contributed by atoms with Gasteiger partial charge in [0.05, 0.1) is 24.4 Å². The summed E-state index contributed by atoms with van der Waals surface area (Å²) < 4.78 is 15.3.